The van der Waals surface area contributed by atoms with Crippen molar-refractivity contribution in [2.75, 3.05) is 0 Å². The van der Waals surface area contributed by atoms with Crippen LogP contribution >= 0.6 is 0 Å². The van der Waals surface area contributed by atoms with Gasteiger partial charge in [-0.25, -0.2) is 0 Å². The zero-order valence-corrected chi connectivity index (χ0v) is 12.6. The lowest BCUT2D eigenvalue weighted by molar-refractivity contribution is 0.0992. The third-order valence-electron chi connectivity index (χ3n) is 3.84. The molecule has 1 aliphatic rings. The Kier molecular flexibility index (Phi) is 3.78. The number of carbonyl (C=O) groups is 1. The zero-order chi connectivity index (χ0) is 14.8. The molecule has 1 saturated carbocycles. The first-order valence-electron chi connectivity index (χ1n) is 7.48. The number of rotatable bonds is 5. The lowest BCUT2D eigenvalue weighted by atomic mass is 9.98. The molecule has 2 nitrogen and oxygen atoms in total. The number of aryl methyl sites for hydroxylation is 2. The second-order valence-electron chi connectivity index (χ2n) is 5.87. The average molecular weight is 280 g/mol. The fourth-order valence-corrected chi connectivity index (χ4v) is 2.39. The molecule has 2 aromatic carbocycles. The van der Waals surface area contributed by atoms with Crippen molar-refractivity contribution in [2.24, 2.45) is 0 Å². The molecule has 21 heavy (non-hydrogen) atoms. The van der Waals surface area contributed by atoms with Crippen LogP contribution in [-0.4, -0.2) is 11.9 Å². The summed E-state index contributed by atoms with van der Waals surface area (Å²) in [6.45, 7) is 4.10. The maximum absolute atomic E-state index is 12.5. The molecule has 0 atom stereocenters. The summed E-state index contributed by atoms with van der Waals surface area (Å²) < 4.78 is 5.76. The fraction of sp³-hybridized carbons (Fsp3) is 0.316. The van der Waals surface area contributed by atoms with Gasteiger partial charge in [-0.1, -0.05) is 35.9 Å². The van der Waals surface area contributed by atoms with E-state index in [0.717, 1.165) is 29.7 Å². The normalized spacial score (nSPS) is 14.0. The van der Waals surface area contributed by atoms with Crippen molar-refractivity contribution in [3.05, 3.63) is 64.7 Å². The Balaban J connectivity index is 1.76. The van der Waals surface area contributed by atoms with E-state index in [0.29, 0.717) is 12.5 Å². The Labute approximate surface area is 125 Å². The van der Waals surface area contributed by atoms with E-state index in [4.69, 9.17) is 4.74 Å². The van der Waals surface area contributed by atoms with E-state index in [1.165, 1.54) is 11.1 Å². The number of carbonyl (C=O) groups excluding carboxylic acids is 1. The van der Waals surface area contributed by atoms with E-state index >= 15 is 0 Å². The average Bonchev–Trinajstić information content (AvgIpc) is 3.27. The van der Waals surface area contributed by atoms with Crippen molar-refractivity contribution in [1.29, 1.82) is 0 Å². The van der Waals surface area contributed by atoms with Gasteiger partial charge in [0.15, 0.2) is 5.78 Å². The molecular formula is C19H20O2. The molecule has 2 heteroatoms. The predicted molar refractivity (Wildman–Crippen MR) is 84.0 cm³/mol. The molecule has 0 amide bonds. The smallest absolute Gasteiger partial charge is 0.167 e. The molecule has 0 heterocycles. The van der Waals surface area contributed by atoms with E-state index in [2.05, 4.69) is 32.0 Å². The number of hydrogen-bond donors (Lipinski definition) is 0. The molecule has 0 aliphatic heterocycles. The highest BCUT2D eigenvalue weighted by Crippen LogP contribution is 2.27. The van der Waals surface area contributed by atoms with Gasteiger partial charge in [0.25, 0.3) is 0 Å². The van der Waals surface area contributed by atoms with Crippen molar-refractivity contribution in [3.8, 4) is 5.75 Å². The van der Waals surface area contributed by atoms with Gasteiger partial charge in [0.05, 0.1) is 6.10 Å². The predicted octanol–water partition coefficient (Wildman–Crippen LogP) is 4.27. The lowest BCUT2D eigenvalue weighted by Crippen LogP contribution is -2.06. The van der Waals surface area contributed by atoms with Crippen LogP contribution in [-0.2, 0) is 6.42 Å². The summed E-state index contributed by atoms with van der Waals surface area (Å²) in [6.07, 6.45) is 3.05. The Morgan fingerprint density at radius 3 is 2.71 bits per heavy atom. The van der Waals surface area contributed by atoms with Gasteiger partial charge in [0, 0.05) is 12.0 Å². The van der Waals surface area contributed by atoms with Gasteiger partial charge in [0.1, 0.15) is 5.75 Å². The first-order valence-corrected chi connectivity index (χ1v) is 7.48. The second-order valence-corrected chi connectivity index (χ2v) is 5.87. The van der Waals surface area contributed by atoms with Gasteiger partial charge in [-0.3, -0.25) is 4.79 Å². The molecule has 0 bridgehead atoms. The second kappa shape index (κ2) is 5.72. The molecule has 0 spiro atoms. The van der Waals surface area contributed by atoms with Crippen LogP contribution in [0.2, 0.25) is 0 Å². The van der Waals surface area contributed by atoms with Crippen LogP contribution in [0.1, 0.15) is 39.9 Å². The van der Waals surface area contributed by atoms with Crippen LogP contribution in [0.25, 0.3) is 0 Å². The fourth-order valence-electron chi connectivity index (χ4n) is 2.39. The van der Waals surface area contributed by atoms with Crippen LogP contribution in [0.15, 0.2) is 42.5 Å². The first kappa shape index (κ1) is 13.9. The van der Waals surface area contributed by atoms with Gasteiger partial charge < -0.3 is 4.74 Å². The minimum absolute atomic E-state index is 0.143. The van der Waals surface area contributed by atoms with Gasteiger partial charge in [-0.2, -0.15) is 0 Å². The Hall–Kier alpha value is -2.09. The van der Waals surface area contributed by atoms with Crippen LogP contribution < -0.4 is 4.74 Å². The highest BCUT2D eigenvalue weighted by molar-refractivity contribution is 5.98. The molecule has 1 aliphatic carbocycles. The van der Waals surface area contributed by atoms with Crippen LogP contribution in [0.3, 0.4) is 0 Å². The van der Waals surface area contributed by atoms with Crippen LogP contribution in [0.4, 0.5) is 0 Å². The van der Waals surface area contributed by atoms with E-state index < -0.39 is 0 Å². The molecule has 3 rings (SSSR count). The van der Waals surface area contributed by atoms with Gasteiger partial charge in [-0.15, -0.1) is 0 Å². The number of Topliss-reactive ketones (excluding diaryl/α,β-unsaturated/α-hetero) is 1. The monoisotopic (exact) mass is 280 g/mol. The maximum atomic E-state index is 12.5. The summed E-state index contributed by atoms with van der Waals surface area (Å²) in [5.74, 6) is 0.953. The van der Waals surface area contributed by atoms with Crippen molar-refractivity contribution in [2.45, 2.75) is 39.2 Å². The Morgan fingerprint density at radius 2 is 1.95 bits per heavy atom. The summed E-state index contributed by atoms with van der Waals surface area (Å²) in [7, 11) is 0. The minimum atomic E-state index is 0.143. The third-order valence-corrected chi connectivity index (χ3v) is 3.84. The van der Waals surface area contributed by atoms with E-state index in [9.17, 15) is 4.79 Å². The van der Waals surface area contributed by atoms with Crippen molar-refractivity contribution >= 4 is 5.78 Å². The Morgan fingerprint density at radius 1 is 1.14 bits per heavy atom. The molecule has 0 saturated heterocycles. The highest BCUT2D eigenvalue weighted by atomic mass is 16.5. The maximum Gasteiger partial charge on any atom is 0.167 e. The summed E-state index contributed by atoms with van der Waals surface area (Å²) in [5, 5.41) is 0. The molecule has 2 aromatic rings. The molecule has 0 N–H and O–H groups in total. The summed E-state index contributed by atoms with van der Waals surface area (Å²) in [5.41, 5.74) is 4.19. The quantitative estimate of drug-likeness (QED) is 0.764. The van der Waals surface area contributed by atoms with Crippen LogP contribution in [0.5, 0.6) is 5.75 Å². The SMILES string of the molecule is Cc1ccc(C)c(CC(=O)c2cccc(OC3CC3)c2)c1. The molecule has 1 fully saturated rings. The van der Waals surface area contributed by atoms with E-state index in [1.54, 1.807) is 0 Å². The number of ketones is 1. The standard InChI is InChI=1S/C19H20O2/c1-13-6-7-14(2)16(10-13)12-19(20)15-4-3-5-18(11-15)21-17-8-9-17/h3-7,10-11,17H,8-9,12H2,1-2H3. The molecule has 108 valence electrons. The van der Waals surface area contributed by atoms with Crippen molar-refractivity contribution < 1.29 is 9.53 Å². The largest absolute Gasteiger partial charge is 0.490 e. The Bertz CT molecular complexity index is 669. The van der Waals surface area contributed by atoms with Gasteiger partial charge in [-0.05, 0) is 49.9 Å². The zero-order valence-electron chi connectivity index (χ0n) is 12.6. The van der Waals surface area contributed by atoms with E-state index in [1.807, 2.05) is 24.3 Å². The molecule has 0 radical (unpaired) electrons. The molecular weight excluding hydrogens is 260 g/mol. The van der Waals surface area contributed by atoms with Gasteiger partial charge in [0.2, 0.25) is 0 Å². The van der Waals surface area contributed by atoms with Crippen molar-refractivity contribution in [1.82, 2.24) is 0 Å². The minimum Gasteiger partial charge on any atom is -0.490 e. The third kappa shape index (κ3) is 3.52. The first-order chi connectivity index (χ1) is 10.1. The summed E-state index contributed by atoms with van der Waals surface area (Å²) in [4.78, 5) is 12.5. The number of hydrogen-bond acceptors (Lipinski definition) is 2. The van der Waals surface area contributed by atoms with Gasteiger partial charge >= 0.3 is 0 Å². The summed E-state index contributed by atoms with van der Waals surface area (Å²) in [6, 6.07) is 13.8. The van der Waals surface area contributed by atoms with Crippen LogP contribution in [0, 0.1) is 13.8 Å². The number of ether oxygens (including phenoxy) is 1. The number of benzene rings is 2. The van der Waals surface area contributed by atoms with E-state index in [-0.39, 0.29) is 5.78 Å². The summed E-state index contributed by atoms with van der Waals surface area (Å²) >= 11 is 0. The highest BCUT2D eigenvalue weighted by Gasteiger charge is 2.23. The lowest BCUT2D eigenvalue weighted by Gasteiger charge is -2.08. The topological polar surface area (TPSA) is 26.3 Å². The molecule has 0 unspecified atom stereocenters. The van der Waals surface area contributed by atoms with Crippen molar-refractivity contribution in [3.63, 3.8) is 0 Å². The molecule has 0 aromatic heterocycles.